The largest absolute Gasteiger partial charge is 0.358 e. The van der Waals surface area contributed by atoms with Gasteiger partial charge in [-0.1, -0.05) is 78.5 Å². The minimum absolute atomic E-state index is 0.00643. The molecule has 0 amide bonds. The Morgan fingerprint density at radius 2 is 1.50 bits per heavy atom. The minimum atomic E-state index is -4.21. The SMILES string of the molecule is CC(C)c1cc(C(C)C)c(S(=O)(=O)Oc2nc(-c3ccncc3)nc3c2C2CCCCCCC2=C3)c(C(C)C)c1. The Labute approximate surface area is 239 Å². The third kappa shape index (κ3) is 5.58. The summed E-state index contributed by atoms with van der Waals surface area (Å²) in [7, 11) is -4.21. The van der Waals surface area contributed by atoms with Gasteiger partial charge in [0, 0.05) is 29.4 Å². The van der Waals surface area contributed by atoms with Gasteiger partial charge in [0.15, 0.2) is 5.82 Å². The molecule has 2 heterocycles. The summed E-state index contributed by atoms with van der Waals surface area (Å²) in [4.78, 5) is 14.1. The van der Waals surface area contributed by atoms with Gasteiger partial charge in [0.1, 0.15) is 4.90 Å². The molecule has 2 aliphatic carbocycles. The number of hydrogen-bond acceptors (Lipinski definition) is 6. The van der Waals surface area contributed by atoms with Crippen LogP contribution in [0.1, 0.15) is 132 Å². The molecule has 1 fully saturated rings. The first kappa shape index (κ1) is 28.5. The van der Waals surface area contributed by atoms with Crippen LogP contribution in [0.15, 0.2) is 47.1 Å². The van der Waals surface area contributed by atoms with Gasteiger partial charge < -0.3 is 4.18 Å². The van der Waals surface area contributed by atoms with Crippen LogP contribution in [0.5, 0.6) is 5.88 Å². The van der Waals surface area contributed by atoms with Gasteiger partial charge in [-0.05, 0) is 71.9 Å². The number of hydrogen-bond donors (Lipinski definition) is 0. The van der Waals surface area contributed by atoms with Crippen molar-refractivity contribution in [1.82, 2.24) is 15.0 Å². The Morgan fingerprint density at radius 3 is 2.12 bits per heavy atom. The summed E-state index contributed by atoms with van der Waals surface area (Å²) in [5, 5.41) is 0. The quantitative estimate of drug-likeness (QED) is 0.270. The Balaban J connectivity index is 1.68. The second-order valence-electron chi connectivity index (χ2n) is 12.1. The minimum Gasteiger partial charge on any atom is -0.358 e. The van der Waals surface area contributed by atoms with E-state index in [0.29, 0.717) is 5.82 Å². The van der Waals surface area contributed by atoms with Crippen molar-refractivity contribution in [2.75, 3.05) is 0 Å². The maximum atomic E-state index is 14.4. The van der Waals surface area contributed by atoms with Crippen LogP contribution < -0.4 is 4.18 Å². The topological polar surface area (TPSA) is 82.0 Å². The van der Waals surface area contributed by atoms with E-state index in [-0.39, 0.29) is 34.4 Å². The molecule has 0 N–H and O–H groups in total. The lowest BCUT2D eigenvalue weighted by Crippen LogP contribution is -2.19. The number of aromatic nitrogens is 3. The van der Waals surface area contributed by atoms with Crippen molar-refractivity contribution in [2.45, 2.75) is 109 Å². The highest BCUT2D eigenvalue weighted by Gasteiger charge is 2.36. The maximum Gasteiger partial charge on any atom is 0.341 e. The zero-order valence-electron chi connectivity index (χ0n) is 24.6. The fourth-order valence-corrected chi connectivity index (χ4v) is 7.57. The molecule has 0 spiro atoms. The van der Waals surface area contributed by atoms with Crippen LogP contribution in [0.3, 0.4) is 0 Å². The van der Waals surface area contributed by atoms with Crippen LogP contribution in [0.25, 0.3) is 17.5 Å². The van der Waals surface area contributed by atoms with Crippen LogP contribution in [-0.2, 0) is 10.1 Å². The molecule has 0 saturated heterocycles. The number of fused-ring (bicyclic) bond motifs is 3. The number of pyridine rings is 1. The van der Waals surface area contributed by atoms with Crippen LogP contribution in [0.2, 0.25) is 0 Å². The predicted octanol–water partition coefficient (Wildman–Crippen LogP) is 8.51. The monoisotopic (exact) mass is 559 g/mol. The fraction of sp³-hybridized carbons (Fsp3) is 0.485. The molecule has 2 aromatic heterocycles. The van der Waals surface area contributed by atoms with Crippen LogP contribution in [-0.4, -0.2) is 23.4 Å². The zero-order chi connectivity index (χ0) is 28.6. The molecule has 0 radical (unpaired) electrons. The van der Waals surface area contributed by atoms with E-state index in [2.05, 4.69) is 24.9 Å². The van der Waals surface area contributed by atoms with Gasteiger partial charge in [-0.3, -0.25) is 4.98 Å². The molecule has 3 aromatic rings. The molecule has 5 rings (SSSR count). The summed E-state index contributed by atoms with van der Waals surface area (Å²) < 4.78 is 34.9. The van der Waals surface area contributed by atoms with E-state index in [1.54, 1.807) is 12.4 Å². The summed E-state index contributed by atoms with van der Waals surface area (Å²) in [5.41, 5.74) is 6.39. The third-order valence-corrected chi connectivity index (χ3v) is 9.57. The van der Waals surface area contributed by atoms with E-state index in [1.807, 2.05) is 52.0 Å². The molecular formula is C33H41N3O3S. The summed E-state index contributed by atoms with van der Waals surface area (Å²) in [6.07, 6.45) is 12.1. The Bertz CT molecular complexity index is 1500. The molecule has 40 heavy (non-hydrogen) atoms. The standard InChI is InChI=1S/C33H41N3O3S/c1-20(2)25-17-27(21(3)4)31(28(18-25)22(5)6)40(37,38)39-33-30-26-12-10-8-7-9-11-24(26)19-29(30)35-32(36-33)23-13-15-34-16-14-23/h13-22,26H,7-12H2,1-6H3. The Hall–Kier alpha value is -3.06. The average molecular weight is 560 g/mol. The summed E-state index contributed by atoms with van der Waals surface area (Å²) >= 11 is 0. The highest BCUT2D eigenvalue weighted by molar-refractivity contribution is 7.87. The van der Waals surface area contributed by atoms with Crippen molar-refractivity contribution < 1.29 is 12.6 Å². The Morgan fingerprint density at radius 1 is 0.850 bits per heavy atom. The summed E-state index contributed by atoms with van der Waals surface area (Å²) in [6.45, 7) is 12.4. The van der Waals surface area contributed by atoms with E-state index in [4.69, 9.17) is 14.2 Å². The number of benzene rings is 1. The van der Waals surface area contributed by atoms with E-state index in [1.165, 1.54) is 18.4 Å². The van der Waals surface area contributed by atoms with Gasteiger partial charge >= 0.3 is 10.1 Å². The molecular weight excluding hydrogens is 518 g/mol. The van der Waals surface area contributed by atoms with Crippen LogP contribution in [0.4, 0.5) is 0 Å². The van der Waals surface area contributed by atoms with Gasteiger partial charge in [0.2, 0.25) is 5.88 Å². The third-order valence-electron chi connectivity index (χ3n) is 8.22. The summed E-state index contributed by atoms with van der Waals surface area (Å²) in [6, 6.07) is 7.75. The lowest BCUT2D eigenvalue weighted by Gasteiger charge is -2.24. The van der Waals surface area contributed by atoms with Gasteiger partial charge in [0.05, 0.1) is 5.69 Å². The first-order valence-corrected chi connectivity index (χ1v) is 16.1. The van der Waals surface area contributed by atoms with Crippen molar-refractivity contribution in [3.05, 3.63) is 70.2 Å². The number of nitrogens with zero attached hydrogens (tertiary/aromatic N) is 3. The molecule has 7 heteroatoms. The molecule has 1 atom stereocenters. The molecule has 6 nitrogen and oxygen atoms in total. The van der Waals surface area contributed by atoms with Crippen molar-refractivity contribution in [1.29, 1.82) is 0 Å². The number of rotatable bonds is 7. The highest BCUT2D eigenvalue weighted by atomic mass is 32.2. The summed E-state index contributed by atoms with van der Waals surface area (Å²) in [5.74, 6) is 0.986. The molecule has 1 aromatic carbocycles. The maximum absolute atomic E-state index is 14.4. The van der Waals surface area contributed by atoms with Gasteiger partial charge in [0.25, 0.3) is 0 Å². The van der Waals surface area contributed by atoms with Gasteiger partial charge in [-0.15, -0.1) is 0 Å². The second kappa shape index (κ2) is 11.4. The second-order valence-corrected chi connectivity index (χ2v) is 13.6. The molecule has 1 saturated carbocycles. The van der Waals surface area contributed by atoms with Crippen molar-refractivity contribution in [3.8, 4) is 17.3 Å². The highest BCUT2D eigenvalue weighted by Crippen LogP contribution is 2.47. The first-order valence-electron chi connectivity index (χ1n) is 14.7. The van der Waals surface area contributed by atoms with E-state index in [0.717, 1.165) is 59.2 Å². The van der Waals surface area contributed by atoms with E-state index >= 15 is 0 Å². The average Bonchev–Trinajstić information content (AvgIpc) is 3.24. The normalized spacial score (nSPS) is 17.4. The lowest BCUT2D eigenvalue weighted by molar-refractivity contribution is 0.461. The van der Waals surface area contributed by atoms with Crippen molar-refractivity contribution in [2.24, 2.45) is 0 Å². The number of allylic oxidation sites excluding steroid dienone is 1. The molecule has 0 bridgehead atoms. The fourth-order valence-electron chi connectivity index (χ4n) is 5.99. The van der Waals surface area contributed by atoms with Crippen LogP contribution >= 0.6 is 0 Å². The molecule has 2 aliphatic rings. The predicted molar refractivity (Wildman–Crippen MR) is 160 cm³/mol. The molecule has 0 aliphatic heterocycles. The lowest BCUT2D eigenvalue weighted by atomic mass is 9.86. The van der Waals surface area contributed by atoms with E-state index < -0.39 is 10.1 Å². The molecule has 1 unspecified atom stereocenters. The van der Waals surface area contributed by atoms with Gasteiger partial charge in [-0.25, -0.2) is 4.98 Å². The molecule has 212 valence electrons. The van der Waals surface area contributed by atoms with Crippen LogP contribution in [0, 0.1) is 0 Å². The van der Waals surface area contributed by atoms with Crippen molar-refractivity contribution >= 4 is 16.2 Å². The van der Waals surface area contributed by atoms with Crippen molar-refractivity contribution in [3.63, 3.8) is 0 Å². The van der Waals surface area contributed by atoms with E-state index in [9.17, 15) is 8.42 Å². The zero-order valence-corrected chi connectivity index (χ0v) is 25.4. The Kier molecular flexibility index (Phi) is 8.14. The van der Waals surface area contributed by atoms with Gasteiger partial charge in [-0.2, -0.15) is 13.4 Å². The smallest absolute Gasteiger partial charge is 0.341 e. The first-order chi connectivity index (χ1) is 19.1.